The summed E-state index contributed by atoms with van der Waals surface area (Å²) in [6.45, 7) is 6.50. The van der Waals surface area contributed by atoms with Gasteiger partial charge >= 0.3 is 0 Å². The minimum atomic E-state index is -3.08. The number of hydrogen-bond donors (Lipinski definition) is 2. The van der Waals surface area contributed by atoms with Gasteiger partial charge in [0.15, 0.2) is 0 Å². The standard InChI is InChI=1S/C13H28N2O2S/c1-12(2)7-5-3-4-6-9-15-18(16,17)13-8-10-14-11-13/h12-15H,3-11H2,1-2H3. The number of rotatable bonds is 9. The molecule has 2 N–H and O–H groups in total. The zero-order valence-corrected chi connectivity index (χ0v) is 12.6. The van der Waals surface area contributed by atoms with Crippen LogP contribution < -0.4 is 10.0 Å². The average Bonchev–Trinajstić information content (AvgIpc) is 2.81. The Hall–Kier alpha value is -0.130. The van der Waals surface area contributed by atoms with Crippen molar-refractivity contribution in [2.75, 3.05) is 19.6 Å². The van der Waals surface area contributed by atoms with Crippen molar-refractivity contribution in [1.82, 2.24) is 10.0 Å². The van der Waals surface area contributed by atoms with Crippen molar-refractivity contribution in [3.05, 3.63) is 0 Å². The van der Waals surface area contributed by atoms with Crippen LogP contribution in [0.2, 0.25) is 0 Å². The summed E-state index contributed by atoms with van der Waals surface area (Å²) in [7, 11) is -3.08. The summed E-state index contributed by atoms with van der Waals surface area (Å²) in [6.07, 6.45) is 6.57. The molecule has 0 saturated carbocycles. The molecule has 0 spiro atoms. The van der Waals surface area contributed by atoms with E-state index in [1.54, 1.807) is 0 Å². The lowest BCUT2D eigenvalue weighted by atomic mass is 10.0. The second-order valence-corrected chi connectivity index (χ2v) is 7.70. The summed E-state index contributed by atoms with van der Waals surface area (Å²) in [5.74, 6) is 0.776. The molecule has 0 radical (unpaired) electrons. The second kappa shape index (κ2) is 8.12. The smallest absolute Gasteiger partial charge is 0.215 e. The molecule has 4 nitrogen and oxygen atoms in total. The maximum atomic E-state index is 11.9. The second-order valence-electron chi connectivity index (χ2n) is 5.65. The molecule has 5 heteroatoms. The van der Waals surface area contributed by atoms with Crippen molar-refractivity contribution in [3.8, 4) is 0 Å². The van der Waals surface area contributed by atoms with E-state index in [9.17, 15) is 8.42 Å². The summed E-state index contributed by atoms with van der Waals surface area (Å²) in [5, 5.41) is 2.86. The van der Waals surface area contributed by atoms with E-state index in [-0.39, 0.29) is 5.25 Å². The van der Waals surface area contributed by atoms with Crippen LogP contribution in [0.5, 0.6) is 0 Å². The van der Waals surface area contributed by atoms with E-state index in [1.165, 1.54) is 19.3 Å². The summed E-state index contributed by atoms with van der Waals surface area (Å²) < 4.78 is 26.5. The number of unbranched alkanes of at least 4 members (excludes halogenated alkanes) is 3. The van der Waals surface area contributed by atoms with Crippen LogP contribution >= 0.6 is 0 Å². The van der Waals surface area contributed by atoms with Gasteiger partial charge in [-0.15, -0.1) is 0 Å². The number of hydrogen-bond acceptors (Lipinski definition) is 3. The lowest BCUT2D eigenvalue weighted by Crippen LogP contribution is -2.36. The molecular formula is C13H28N2O2S. The predicted octanol–water partition coefficient (Wildman–Crippen LogP) is 1.87. The summed E-state index contributed by atoms with van der Waals surface area (Å²) in [6, 6.07) is 0. The third kappa shape index (κ3) is 6.16. The fourth-order valence-electron chi connectivity index (χ4n) is 2.26. The summed E-state index contributed by atoms with van der Waals surface area (Å²) >= 11 is 0. The maximum absolute atomic E-state index is 11.9. The lowest BCUT2D eigenvalue weighted by molar-refractivity contribution is 0.516. The van der Waals surface area contributed by atoms with E-state index >= 15 is 0 Å². The van der Waals surface area contributed by atoms with Crippen LogP contribution in [0.15, 0.2) is 0 Å². The summed E-state index contributed by atoms with van der Waals surface area (Å²) in [5.41, 5.74) is 0. The van der Waals surface area contributed by atoms with E-state index in [2.05, 4.69) is 23.9 Å². The van der Waals surface area contributed by atoms with Gasteiger partial charge in [-0.05, 0) is 25.3 Å². The monoisotopic (exact) mass is 276 g/mol. The van der Waals surface area contributed by atoms with E-state index < -0.39 is 10.0 Å². The first-order valence-electron chi connectivity index (χ1n) is 7.21. The molecule has 0 aromatic rings. The molecule has 0 amide bonds. The normalized spacial score (nSPS) is 20.7. The Kier molecular flexibility index (Phi) is 7.19. The van der Waals surface area contributed by atoms with Crippen LogP contribution in [-0.4, -0.2) is 33.3 Å². The largest absolute Gasteiger partial charge is 0.315 e. The van der Waals surface area contributed by atoms with Crippen molar-refractivity contribution in [2.24, 2.45) is 5.92 Å². The van der Waals surface area contributed by atoms with E-state index in [0.717, 1.165) is 31.7 Å². The van der Waals surface area contributed by atoms with Gasteiger partial charge in [0, 0.05) is 13.1 Å². The molecule has 1 aliphatic heterocycles. The zero-order valence-electron chi connectivity index (χ0n) is 11.7. The maximum Gasteiger partial charge on any atom is 0.215 e. The van der Waals surface area contributed by atoms with E-state index in [1.807, 2.05) is 0 Å². The SMILES string of the molecule is CC(C)CCCCCCNS(=O)(=O)C1CCNC1. The highest BCUT2D eigenvalue weighted by atomic mass is 32.2. The van der Waals surface area contributed by atoms with Gasteiger partial charge < -0.3 is 5.32 Å². The van der Waals surface area contributed by atoms with Crippen molar-refractivity contribution < 1.29 is 8.42 Å². The Morgan fingerprint density at radius 1 is 1.22 bits per heavy atom. The molecule has 0 aromatic carbocycles. The Balaban J connectivity index is 2.03. The topological polar surface area (TPSA) is 58.2 Å². The molecule has 1 rings (SSSR count). The van der Waals surface area contributed by atoms with Crippen LogP contribution in [-0.2, 0) is 10.0 Å². The van der Waals surface area contributed by atoms with Crippen LogP contribution in [0, 0.1) is 5.92 Å². The molecule has 0 aliphatic carbocycles. The van der Waals surface area contributed by atoms with E-state index in [4.69, 9.17) is 0 Å². The van der Waals surface area contributed by atoms with Crippen LogP contribution in [0.25, 0.3) is 0 Å². The number of sulfonamides is 1. The molecule has 1 aliphatic rings. The van der Waals surface area contributed by atoms with Gasteiger partial charge in [0.25, 0.3) is 0 Å². The molecule has 1 heterocycles. The minimum absolute atomic E-state index is 0.224. The highest BCUT2D eigenvalue weighted by Crippen LogP contribution is 2.10. The Morgan fingerprint density at radius 3 is 2.56 bits per heavy atom. The van der Waals surface area contributed by atoms with Crippen molar-refractivity contribution >= 4 is 10.0 Å². The quantitative estimate of drug-likeness (QED) is 0.632. The molecular weight excluding hydrogens is 248 g/mol. The molecule has 108 valence electrons. The Labute approximate surface area is 112 Å². The summed E-state index contributed by atoms with van der Waals surface area (Å²) in [4.78, 5) is 0. The highest BCUT2D eigenvalue weighted by Gasteiger charge is 2.27. The fourth-order valence-corrected chi connectivity index (χ4v) is 3.69. The Morgan fingerprint density at radius 2 is 1.94 bits per heavy atom. The first-order chi connectivity index (χ1) is 8.52. The average molecular weight is 276 g/mol. The molecule has 0 aromatic heterocycles. The van der Waals surface area contributed by atoms with Gasteiger partial charge in [-0.3, -0.25) is 0 Å². The van der Waals surface area contributed by atoms with E-state index in [0.29, 0.717) is 13.1 Å². The molecule has 1 saturated heterocycles. The highest BCUT2D eigenvalue weighted by molar-refractivity contribution is 7.90. The predicted molar refractivity (Wildman–Crippen MR) is 76.1 cm³/mol. The molecule has 1 atom stereocenters. The van der Waals surface area contributed by atoms with Gasteiger partial charge in [0.05, 0.1) is 5.25 Å². The van der Waals surface area contributed by atoms with Crippen molar-refractivity contribution in [2.45, 2.75) is 57.6 Å². The zero-order chi connectivity index (χ0) is 13.4. The van der Waals surface area contributed by atoms with Gasteiger partial charge in [-0.1, -0.05) is 39.5 Å². The third-order valence-corrected chi connectivity index (χ3v) is 5.35. The van der Waals surface area contributed by atoms with Crippen LogP contribution in [0.4, 0.5) is 0 Å². The lowest BCUT2D eigenvalue weighted by Gasteiger charge is -2.11. The van der Waals surface area contributed by atoms with Gasteiger partial charge in [-0.25, -0.2) is 13.1 Å². The number of nitrogens with one attached hydrogen (secondary N) is 2. The van der Waals surface area contributed by atoms with Crippen LogP contribution in [0.3, 0.4) is 0 Å². The molecule has 1 fully saturated rings. The minimum Gasteiger partial charge on any atom is -0.315 e. The van der Waals surface area contributed by atoms with Gasteiger partial charge in [0.2, 0.25) is 10.0 Å². The van der Waals surface area contributed by atoms with Gasteiger partial charge in [0.1, 0.15) is 0 Å². The Bertz CT molecular complexity index is 309. The molecule has 0 bridgehead atoms. The molecule has 18 heavy (non-hydrogen) atoms. The van der Waals surface area contributed by atoms with Crippen LogP contribution in [0.1, 0.15) is 52.4 Å². The first-order valence-corrected chi connectivity index (χ1v) is 8.76. The third-order valence-electron chi connectivity index (χ3n) is 3.47. The first kappa shape index (κ1) is 15.9. The fraction of sp³-hybridized carbons (Fsp3) is 1.00. The van der Waals surface area contributed by atoms with Gasteiger partial charge in [-0.2, -0.15) is 0 Å². The van der Waals surface area contributed by atoms with Crippen molar-refractivity contribution in [3.63, 3.8) is 0 Å². The molecule has 1 unspecified atom stereocenters. The van der Waals surface area contributed by atoms with Crippen molar-refractivity contribution in [1.29, 1.82) is 0 Å².